The molecule has 31 heavy (non-hydrogen) atoms. The van der Waals surface area contributed by atoms with Gasteiger partial charge < -0.3 is 9.29 Å². The first-order valence-electron chi connectivity index (χ1n) is 11.1. The molecule has 2 rings (SSSR count). The number of esters is 1. The zero-order valence-electron chi connectivity index (χ0n) is 20.8. The van der Waals surface area contributed by atoms with Crippen molar-refractivity contribution in [3.63, 3.8) is 0 Å². The standard InChI is InChI=1S/C25H40ClNO3S/c1-15(2)21(22(28)30-10)25(9,27-31(29)24(6,7)8)16-11-12-17(20(26)13-16)18-14-19(18)23(3,4)5/h11-13,15,18-19,21,27H,14H2,1-10H3/t18-,19+,21?,25-,31-/m0/s1. The molecule has 1 aliphatic rings. The van der Waals surface area contributed by atoms with E-state index < -0.39 is 27.6 Å². The Morgan fingerprint density at radius 3 is 2.16 bits per heavy atom. The van der Waals surface area contributed by atoms with Gasteiger partial charge in [-0.2, -0.15) is 0 Å². The van der Waals surface area contributed by atoms with Crippen molar-refractivity contribution in [3.05, 3.63) is 34.3 Å². The summed E-state index contributed by atoms with van der Waals surface area (Å²) >= 11 is 5.40. The van der Waals surface area contributed by atoms with Gasteiger partial charge in [-0.1, -0.05) is 58.4 Å². The highest BCUT2D eigenvalue weighted by Crippen LogP contribution is 2.58. The van der Waals surface area contributed by atoms with Crippen LogP contribution in [0.2, 0.25) is 5.02 Å². The number of rotatable bonds is 7. The van der Waals surface area contributed by atoms with Gasteiger partial charge in [0.2, 0.25) is 0 Å². The third-order valence-electron chi connectivity index (χ3n) is 6.51. The molecule has 1 unspecified atom stereocenters. The molecule has 0 aromatic heterocycles. The van der Waals surface area contributed by atoms with Crippen LogP contribution in [0.1, 0.15) is 85.8 Å². The van der Waals surface area contributed by atoms with E-state index in [1.165, 1.54) is 7.11 Å². The molecule has 5 atom stereocenters. The maximum Gasteiger partial charge on any atom is 0.311 e. The molecular weight excluding hydrogens is 430 g/mol. The highest BCUT2D eigenvalue weighted by Gasteiger charge is 2.50. The minimum absolute atomic E-state index is 0.0333. The average molecular weight is 470 g/mol. The molecule has 1 aliphatic carbocycles. The van der Waals surface area contributed by atoms with E-state index in [1.54, 1.807) is 0 Å². The van der Waals surface area contributed by atoms with Crippen molar-refractivity contribution in [1.82, 2.24) is 4.72 Å². The molecule has 0 amide bonds. The summed E-state index contributed by atoms with van der Waals surface area (Å²) in [5, 5.41) is 0.705. The number of methoxy groups -OCH3 is 1. The van der Waals surface area contributed by atoms with E-state index in [0.717, 1.165) is 17.5 Å². The Bertz CT molecular complexity index is 799. The van der Waals surface area contributed by atoms with Crippen molar-refractivity contribution in [2.75, 3.05) is 7.11 Å². The van der Waals surface area contributed by atoms with Gasteiger partial charge in [0.25, 0.3) is 0 Å². The summed E-state index contributed by atoms with van der Waals surface area (Å²) in [6, 6.07) is 6.06. The summed E-state index contributed by atoms with van der Waals surface area (Å²) in [7, 11) is 1.40. The van der Waals surface area contributed by atoms with Gasteiger partial charge in [0.15, 0.2) is 0 Å². The molecule has 0 radical (unpaired) electrons. The number of hydrogen-bond acceptors (Lipinski definition) is 4. The minimum atomic E-state index is -1.39. The van der Waals surface area contributed by atoms with E-state index in [1.807, 2.05) is 53.7 Å². The fraction of sp³-hybridized carbons (Fsp3) is 0.720. The number of halogens is 1. The first-order valence-corrected chi connectivity index (χ1v) is 12.6. The Kier molecular flexibility index (Phi) is 7.90. The van der Waals surface area contributed by atoms with Crippen LogP contribution in [0.3, 0.4) is 0 Å². The number of nitrogens with one attached hydrogen (secondary N) is 1. The molecule has 1 aromatic carbocycles. The van der Waals surface area contributed by atoms with Gasteiger partial charge in [-0.3, -0.25) is 4.79 Å². The molecule has 0 spiro atoms. The van der Waals surface area contributed by atoms with Crippen molar-refractivity contribution < 1.29 is 14.1 Å². The van der Waals surface area contributed by atoms with Crippen LogP contribution in [0.4, 0.5) is 0 Å². The second kappa shape index (κ2) is 9.24. The summed E-state index contributed by atoms with van der Waals surface area (Å²) in [5.41, 5.74) is 1.34. The SMILES string of the molecule is COC(=O)C(C(C)C)[C@@](C)(N[S@@+]([O-])C(C)(C)C)c1ccc([C@@H]2C[C@H]2C(C)(C)C)c(Cl)c1. The Hall–Kier alpha value is -0.750. The molecule has 1 N–H and O–H groups in total. The van der Waals surface area contributed by atoms with Crippen LogP contribution in [0.15, 0.2) is 18.2 Å². The van der Waals surface area contributed by atoms with E-state index in [4.69, 9.17) is 16.3 Å². The molecule has 1 fully saturated rings. The predicted octanol–water partition coefficient (Wildman–Crippen LogP) is 6.20. The summed E-state index contributed by atoms with van der Waals surface area (Å²) in [4.78, 5) is 12.8. The van der Waals surface area contributed by atoms with Crippen molar-refractivity contribution in [2.45, 2.75) is 84.9 Å². The minimum Gasteiger partial charge on any atom is -0.598 e. The Morgan fingerprint density at radius 1 is 1.19 bits per heavy atom. The summed E-state index contributed by atoms with van der Waals surface area (Å²) in [5.74, 6) is 0.187. The van der Waals surface area contributed by atoms with Crippen molar-refractivity contribution >= 4 is 28.9 Å². The Labute approximate surface area is 197 Å². The maximum atomic E-state index is 13.1. The highest BCUT2D eigenvalue weighted by molar-refractivity contribution is 7.90. The fourth-order valence-electron chi connectivity index (χ4n) is 4.60. The Balaban J connectivity index is 2.51. The van der Waals surface area contributed by atoms with Crippen LogP contribution in [0.5, 0.6) is 0 Å². The normalized spacial score (nSPS) is 23.3. The van der Waals surface area contributed by atoms with Gasteiger partial charge in [0.05, 0.1) is 18.6 Å². The largest absolute Gasteiger partial charge is 0.598 e. The zero-order chi connectivity index (χ0) is 23.9. The third-order valence-corrected chi connectivity index (χ3v) is 8.56. The fourth-order valence-corrected chi connectivity index (χ4v) is 5.85. The average Bonchev–Trinajstić information content (AvgIpc) is 3.41. The van der Waals surface area contributed by atoms with Crippen molar-refractivity contribution in [2.24, 2.45) is 23.2 Å². The van der Waals surface area contributed by atoms with E-state index in [2.05, 4.69) is 31.6 Å². The second-order valence-corrected chi connectivity index (χ2v) is 13.9. The lowest BCUT2D eigenvalue weighted by Crippen LogP contribution is -2.56. The molecule has 0 bridgehead atoms. The number of carbonyl (C=O) groups excluding carboxylic acids is 1. The molecule has 6 heteroatoms. The van der Waals surface area contributed by atoms with Gasteiger partial charge in [0, 0.05) is 16.4 Å². The lowest BCUT2D eigenvalue weighted by atomic mass is 9.74. The first kappa shape index (κ1) is 26.5. The molecular formula is C25H40ClNO3S. The van der Waals surface area contributed by atoms with E-state index >= 15 is 0 Å². The topological polar surface area (TPSA) is 61.4 Å². The smallest absolute Gasteiger partial charge is 0.311 e. The van der Waals surface area contributed by atoms with E-state index in [-0.39, 0.29) is 17.3 Å². The molecule has 1 saturated carbocycles. The molecule has 4 nitrogen and oxygen atoms in total. The summed E-state index contributed by atoms with van der Waals surface area (Å²) < 4.78 is 21.1. The van der Waals surface area contributed by atoms with Crippen molar-refractivity contribution in [3.8, 4) is 0 Å². The molecule has 0 saturated heterocycles. The lowest BCUT2D eigenvalue weighted by Gasteiger charge is -2.41. The maximum absolute atomic E-state index is 13.1. The van der Waals surface area contributed by atoms with Crippen LogP contribution < -0.4 is 4.72 Å². The predicted molar refractivity (Wildman–Crippen MR) is 130 cm³/mol. The van der Waals surface area contributed by atoms with Gasteiger partial charge >= 0.3 is 5.97 Å². The monoisotopic (exact) mass is 469 g/mol. The van der Waals surface area contributed by atoms with Gasteiger partial charge in [-0.05, 0) is 74.5 Å². The first-order chi connectivity index (χ1) is 14.0. The van der Waals surface area contributed by atoms with Crippen LogP contribution in [0, 0.1) is 23.2 Å². The van der Waals surface area contributed by atoms with Gasteiger partial charge in [-0.15, -0.1) is 4.72 Å². The molecule has 1 aromatic rings. The third kappa shape index (κ3) is 5.79. The lowest BCUT2D eigenvalue weighted by molar-refractivity contribution is -0.150. The second-order valence-electron chi connectivity index (χ2n) is 11.5. The molecule has 0 heterocycles. The number of hydrogen-bond donors (Lipinski definition) is 1. The number of carbonyl (C=O) groups is 1. The van der Waals surface area contributed by atoms with E-state index in [9.17, 15) is 9.35 Å². The summed E-state index contributed by atoms with van der Waals surface area (Å²) in [6.07, 6.45) is 1.14. The van der Waals surface area contributed by atoms with Crippen LogP contribution in [-0.4, -0.2) is 22.4 Å². The zero-order valence-corrected chi connectivity index (χ0v) is 22.3. The van der Waals surface area contributed by atoms with Crippen LogP contribution >= 0.6 is 11.6 Å². The van der Waals surface area contributed by atoms with Gasteiger partial charge in [0.1, 0.15) is 4.75 Å². The number of benzene rings is 1. The van der Waals surface area contributed by atoms with Crippen LogP contribution in [0.25, 0.3) is 0 Å². The highest BCUT2D eigenvalue weighted by atomic mass is 35.5. The quantitative estimate of drug-likeness (QED) is 0.381. The number of ether oxygens (including phenoxy) is 1. The molecule has 0 aliphatic heterocycles. The van der Waals surface area contributed by atoms with Crippen molar-refractivity contribution in [1.29, 1.82) is 0 Å². The van der Waals surface area contributed by atoms with Crippen LogP contribution in [-0.2, 0) is 26.4 Å². The molecule has 176 valence electrons. The summed E-state index contributed by atoms with van der Waals surface area (Å²) in [6.45, 7) is 18.4. The van der Waals surface area contributed by atoms with E-state index in [0.29, 0.717) is 16.9 Å². The Morgan fingerprint density at radius 2 is 1.77 bits per heavy atom. The van der Waals surface area contributed by atoms with Gasteiger partial charge in [-0.25, -0.2) is 0 Å².